The molecular weight excluding hydrogens is 407 g/mol. The van der Waals surface area contributed by atoms with Gasteiger partial charge in [-0.1, -0.05) is 41.4 Å². The summed E-state index contributed by atoms with van der Waals surface area (Å²) in [6.07, 6.45) is 0. The molecule has 0 amide bonds. The molecule has 2 aromatic rings. The third-order valence-corrected chi connectivity index (χ3v) is 4.16. The second kappa shape index (κ2) is 7.07. The molecule has 1 heterocycles. The Kier molecular flexibility index (Phi) is 5.66. The lowest BCUT2D eigenvalue weighted by Crippen LogP contribution is -2.27. The summed E-state index contributed by atoms with van der Waals surface area (Å²) >= 11 is 13.0. The van der Waals surface area contributed by atoms with Gasteiger partial charge in [0, 0.05) is 22.4 Å². The standard InChI is InChI=1S/C14H15Br2ClN2O/c1-8(2)18-5-6-20-14-11(16)7-10(15)9-3-4-12(17)19-13(9)14/h3-4,7-8,18H,5-6H2,1-2H3. The summed E-state index contributed by atoms with van der Waals surface area (Å²) in [4.78, 5) is 4.37. The molecular formula is C14H15Br2ClN2O. The molecule has 3 nitrogen and oxygen atoms in total. The van der Waals surface area contributed by atoms with Crippen LogP contribution in [0.3, 0.4) is 0 Å². The number of aromatic nitrogens is 1. The minimum atomic E-state index is 0.441. The van der Waals surface area contributed by atoms with Gasteiger partial charge in [0.05, 0.1) is 4.47 Å². The van der Waals surface area contributed by atoms with Crippen molar-refractivity contribution in [3.05, 3.63) is 32.3 Å². The van der Waals surface area contributed by atoms with Crippen LogP contribution in [0.2, 0.25) is 5.15 Å². The molecule has 0 aliphatic heterocycles. The number of nitrogens with one attached hydrogen (secondary N) is 1. The van der Waals surface area contributed by atoms with Gasteiger partial charge in [-0.05, 0) is 34.1 Å². The van der Waals surface area contributed by atoms with Gasteiger partial charge < -0.3 is 10.1 Å². The quantitative estimate of drug-likeness (QED) is 0.556. The molecule has 0 aliphatic rings. The summed E-state index contributed by atoms with van der Waals surface area (Å²) in [6.45, 7) is 5.56. The van der Waals surface area contributed by atoms with Gasteiger partial charge in [-0.3, -0.25) is 0 Å². The summed E-state index contributed by atoms with van der Waals surface area (Å²) in [5.41, 5.74) is 0.753. The molecule has 0 fully saturated rings. The molecule has 0 bridgehead atoms. The topological polar surface area (TPSA) is 34.1 Å². The molecule has 1 N–H and O–H groups in total. The normalized spacial score (nSPS) is 11.3. The predicted octanol–water partition coefficient (Wildman–Crippen LogP) is 4.79. The maximum Gasteiger partial charge on any atom is 0.159 e. The predicted molar refractivity (Wildman–Crippen MR) is 90.8 cm³/mol. The third kappa shape index (κ3) is 3.85. The zero-order valence-corrected chi connectivity index (χ0v) is 15.1. The molecule has 2 rings (SSSR count). The van der Waals surface area contributed by atoms with Crippen molar-refractivity contribution in [1.82, 2.24) is 10.3 Å². The second-order valence-corrected chi connectivity index (χ2v) is 6.75. The summed E-state index contributed by atoms with van der Waals surface area (Å²) in [5, 5.41) is 4.74. The fourth-order valence-electron chi connectivity index (χ4n) is 1.81. The van der Waals surface area contributed by atoms with Crippen LogP contribution in [-0.4, -0.2) is 24.2 Å². The van der Waals surface area contributed by atoms with Gasteiger partial charge >= 0.3 is 0 Å². The van der Waals surface area contributed by atoms with E-state index < -0.39 is 0 Å². The maximum atomic E-state index is 5.99. The Morgan fingerprint density at radius 3 is 2.75 bits per heavy atom. The van der Waals surface area contributed by atoms with Gasteiger partial charge in [-0.25, -0.2) is 4.98 Å². The van der Waals surface area contributed by atoms with Crippen LogP contribution >= 0.6 is 43.5 Å². The van der Waals surface area contributed by atoms with Crippen LogP contribution in [-0.2, 0) is 0 Å². The molecule has 0 atom stereocenters. The molecule has 0 aliphatic carbocycles. The average molecular weight is 423 g/mol. The number of hydrogen-bond acceptors (Lipinski definition) is 3. The number of fused-ring (bicyclic) bond motifs is 1. The molecule has 0 saturated heterocycles. The van der Waals surface area contributed by atoms with Crippen molar-refractivity contribution in [2.45, 2.75) is 19.9 Å². The van der Waals surface area contributed by atoms with Gasteiger partial charge in [-0.2, -0.15) is 0 Å². The second-order valence-electron chi connectivity index (χ2n) is 4.66. The number of hydrogen-bond donors (Lipinski definition) is 1. The van der Waals surface area contributed by atoms with Gasteiger partial charge in [0.2, 0.25) is 0 Å². The largest absolute Gasteiger partial charge is 0.489 e. The summed E-state index contributed by atoms with van der Waals surface area (Å²) in [7, 11) is 0. The molecule has 6 heteroatoms. The number of pyridine rings is 1. The maximum absolute atomic E-state index is 5.99. The fraction of sp³-hybridized carbons (Fsp3) is 0.357. The molecule has 108 valence electrons. The van der Waals surface area contributed by atoms with Crippen LogP contribution in [0.4, 0.5) is 0 Å². The van der Waals surface area contributed by atoms with Crippen molar-refractivity contribution in [1.29, 1.82) is 0 Å². The van der Waals surface area contributed by atoms with Gasteiger partial charge in [0.15, 0.2) is 5.75 Å². The van der Waals surface area contributed by atoms with Crippen molar-refractivity contribution in [2.24, 2.45) is 0 Å². The highest BCUT2D eigenvalue weighted by atomic mass is 79.9. The van der Waals surface area contributed by atoms with Crippen LogP contribution < -0.4 is 10.1 Å². The Bertz CT molecular complexity index is 620. The van der Waals surface area contributed by atoms with Gasteiger partial charge in [0.25, 0.3) is 0 Å². The summed E-state index contributed by atoms with van der Waals surface area (Å²) < 4.78 is 7.67. The van der Waals surface area contributed by atoms with Crippen molar-refractivity contribution in [3.63, 3.8) is 0 Å². The molecule has 1 aromatic heterocycles. The molecule has 0 saturated carbocycles. The Morgan fingerprint density at radius 2 is 2.05 bits per heavy atom. The van der Waals surface area contributed by atoms with Crippen LogP contribution in [0.15, 0.2) is 27.1 Å². The highest BCUT2D eigenvalue weighted by Gasteiger charge is 2.12. The van der Waals surface area contributed by atoms with Crippen LogP contribution in [0.1, 0.15) is 13.8 Å². The number of ether oxygens (including phenoxy) is 1. The molecule has 0 spiro atoms. The Labute approximate surface area is 140 Å². The van der Waals surface area contributed by atoms with E-state index in [0.717, 1.165) is 32.1 Å². The van der Waals surface area contributed by atoms with Crippen molar-refractivity contribution in [2.75, 3.05) is 13.2 Å². The number of nitrogens with zero attached hydrogens (tertiary/aromatic N) is 1. The van der Waals surface area contributed by atoms with Crippen LogP contribution in [0.5, 0.6) is 5.75 Å². The van der Waals surface area contributed by atoms with E-state index in [1.54, 1.807) is 6.07 Å². The fourth-order valence-corrected chi connectivity index (χ4v) is 3.34. The third-order valence-electron chi connectivity index (χ3n) is 2.71. The lowest BCUT2D eigenvalue weighted by Gasteiger charge is -2.13. The Hall–Kier alpha value is -0.360. The highest BCUT2D eigenvalue weighted by Crippen LogP contribution is 2.38. The first-order valence-electron chi connectivity index (χ1n) is 6.29. The zero-order valence-electron chi connectivity index (χ0n) is 11.2. The first-order valence-corrected chi connectivity index (χ1v) is 8.26. The van der Waals surface area contributed by atoms with E-state index in [4.69, 9.17) is 16.3 Å². The monoisotopic (exact) mass is 420 g/mol. The number of benzene rings is 1. The molecule has 0 unspecified atom stereocenters. The van der Waals surface area contributed by atoms with E-state index in [9.17, 15) is 0 Å². The van der Waals surface area contributed by atoms with E-state index in [2.05, 4.69) is 56.0 Å². The van der Waals surface area contributed by atoms with Crippen molar-refractivity contribution in [3.8, 4) is 5.75 Å². The van der Waals surface area contributed by atoms with E-state index >= 15 is 0 Å². The SMILES string of the molecule is CC(C)NCCOc1c(Br)cc(Br)c2ccc(Cl)nc12. The van der Waals surface area contributed by atoms with Gasteiger partial charge in [0.1, 0.15) is 17.3 Å². The highest BCUT2D eigenvalue weighted by molar-refractivity contribution is 9.11. The summed E-state index contributed by atoms with van der Waals surface area (Å²) in [5.74, 6) is 0.719. The molecule has 20 heavy (non-hydrogen) atoms. The number of halogens is 3. The van der Waals surface area contributed by atoms with E-state index in [-0.39, 0.29) is 0 Å². The lowest BCUT2D eigenvalue weighted by atomic mass is 10.2. The van der Waals surface area contributed by atoms with E-state index in [1.807, 2.05) is 12.1 Å². The zero-order chi connectivity index (χ0) is 14.7. The van der Waals surface area contributed by atoms with Crippen LogP contribution in [0.25, 0.3) is 10.9 Å². The first kappa shape index (κ1) is 16.0. The summed E-state index contributed by atoms with van der Waals surface area (Å²) in [6, 6.07) is 6.10. The van der Waals surface area contributed by atoms with Crippen LogP contribution in [0, 0.1) is 0 Å². The van der Waals surface area contributed by atoms with E-state index in [1.165, 1.54) is 0 Å². The average Bonchev–Trinajstić information content (AvgIpc) is 2.36. The molecule has 1 aromatic carbocycles. The minimum absolute atomic E-state index is 0.441. The van der Waals surface area contributed by atoms with E-state index in [0.29, 0.717) is 17.8 Å². The number of rotatable bonds is 5. The van der Waals surface area contributed by atoms with Crippen molar-refractivity contribution < 1.29 is 4.74 Å². The minimum Gasteiger partial charge on any atom is -0.489 e. The van der Waals surface area contributed by atoms with Crippen molar-refractivity contribution >= 4 is 54.4 Å². The Morgan fingerprint density at radius 1 is 1.30 bits per heavy atom. The first-order chi connectivity index (χ1) is 9.49. The molecule has 0 radical (unpaired) electrons. The Balaban J connectivity index is 2.29. The van der Waals surface area contributed by atoms with Gasteiger partial charge in [-0.15, -0.1) is 0 Å². The smallest absolute Gasteiger partial charge is 0.159 e. The lowest BCUT2D eigenvalue weighted by molar-refractivity contribution is 0.310.